The minimum Gasteiger partial charge on any atom is -0.349 e. The predicted molar refractivity (Wildman–Crippen MR) is 103 cm³/mol. The van der Waals surface area contributed by atoms with Gasteiger partial charge in [0, 0.05) is 17.8 Å². The zero-order valence-corrected chi connectivity index (χ0v) is 16.5. The number of nitrogens with zero attached hydrogens (tertiary/aromatic N) is 3. The standard InChI is InChI=1S/C17H24ClN5O.ClH/c1-5-17(19,6-2)10-20-16(24)15-13(18)7-8-14(21-15)23-12(4)9-11(3)22-23;/h7-9H,5-6,10,19H2,1-4H3,(H,20,24);1H. The van der Waals surface area contributed by atoms with Crippen LogP contribution in [0.1, 0.15) is 48.6 Å². The maximum absolute atomic E-state index is 12.5. The molecule has 1 amide bonds. The zero-order chi connectivity index (χ0) is 17.9. The molecule has 0 aliphatic heterocycles. The Bertz CT molecular complexity index is 741. The van der Waals surface area contributed by atoms with Crippen LogP contribution in [0.4, 0.5) is 0 Å². The number of carbonyl (C=O) groups excluding carboxylic acids is 1. The molecule has 2 rings (SSSR count). The highest BCUT2D eigenvalue weighted by atomic mass is 35.5. The summed E-state index contributed by atoms with van der Waals surface area (Å²) in [5, 5.41) is 7.52. The second-order valence-corrected chi connectivity index (χ2v) is 6.50. The number of aromatic nitrogens is 3. The van der Waals surface area contributed by atoms with Crippen molar-refractivity contribution in [3.63, 3.8) is 0 Å². The molecule has 3 N–H and O–H groups in total. The molecule has 0 fully saturated rings. The normalized spacial score (nSPS) is 11.1. The topological polar surface area (TPSA) is 85.8 Å². The maximum atomic E-state index is 12.5. The molecular formula is C17H25Cl2N5O. The number of hydrogen-bond acceptors (Lipinski definition) is 4. The van der Waals surface area contributed by atoms with Crippen molar-refractivity contribution in [3.8, 4) is 5.82 Å². The second kappa shape index (κ2) is 8.65. The van der Waals surface area contributed by atoms with Crippen molar-refractivity contribution in [2.75, 3.05) is 6.54 Å². The number of pyridine rings is 1. The number of carbonyl (C=O) groups is 1. The third kappa shape index (κ3) is 4.93. The molecule has 2 aromatic heterocycles. The Morgan fingerprint density at radius 3 is 2.48 bits per heavy atom. The van der Waals surface area contributed by atoms with E-state index < -0.39 is 5.54 Å². The lowest BCUT2D eigenvalue weighted by Crippen LogP contribution is -2.49. The van der Waals surface area contributed by atoms with Crippen LogP contribution in [0.15, 0.2) is 18.2 Å². The molecule has 25 heavy (non-hydrogen) atoms. The van der Waals surface area contributed by atoms with Gasteiger partial charge in [0.05, 0.1) is 10.7 Å². The largest absolute Gasteiger partial charge is 0.349 e. The van der Waals surface area contributed by atoms with Gasteiger partial charge in [-0.1, -0.05) is 25.4 Å². The molecule has 2 heterocycles. The molecule has 0 atom stereocenters. The predicted octanol–water partition coefficient (Wildman–Crippen LogP) is 3.21. The number of hydrogen-bond donors (Lipinski definition) is 2. The highest BCUT2D eigenvalue weighted by Gasteiger charge is 2.23. The summed E-state index contributed by atoms with van der Waals surface area (Å²) >= 11 is 6.16. The van der Waals surface area contributed by atoms with E-state index >= 15 is 0 Å². The Hall–Kier alpha value is -1.63. The van der Waals surface area contributed by atoms with E-state index in [4.69, 9.17) is 17.3 Å². The lowest BCUT2D eigenvalue weighted by molar-refractivity contribution is 0.0937. The Kier molecular flexibility index (Phi) is 7.41. The molecule has 0 spiro atoms. The maximum Gasteiger partial charge on any atom is 0.271 e. The van der Waals surface area contributed by atoms with E-state index in [9.17, 15) is 4.79 Å². The van der Waals surface area contributed by atoms with Gasteiger partial charge in [0.1, 0.15) is 5.69 Å². The van der Waals surface area contributed by atoms with Gasteiger partial charge in [0.15, 0.2) is 5.82 Å². The Labute approximate surface area is 159 Å². The molecular weight excluding hydrogens is 361 g/mol. The second-order valence-electron chi connectivity index (χ2n) is 6.09. The van der Waals surface area contributed by atoms with Crippen LogP contribution in [0.3, 0.4) is 0 Å². The summed E-state index contributed by atoms with van der Waals surface area (Å²) in [6, 6.07) is 5.34. The summed E-state index contributed by atoms with van der Waals surface area (Å²) in [5.41, 5.74) is 7.80. The van der Waals surface area contributed by atoms with Gasteiger partial charge in [0.2, 0.25) is 0 Å². The summed E-state index contributed by atoms with van der Waals surface area (Å²) in [5.74, 6) is 0.222. The van der Waals surface area contributed by atoms with Gasteiger partial charge in [-0.25, -0.2) is 9.67 Å². The van der Waals surface area contributed by atoms with Gasteiger partial charge in [-0.05, 0) is 44.9 Å². The molecule has 6 nitrogen and oxygen atoms in total. The molecule has 0 bridgehead atoms. The van der Waals surface area contributed by atoms with Crippen LogP contribution in [-0.2, 0) is 0 Å². The first kappa shape index (κ1) is 21.4. The van der Waals surface area contributed by atoms with E-state index in [1.165, 1.54) is 0 Å². The SMILES string of the molecule is CCC(N)(CC)CNC(=O)c1nc(-n2nc(C)cc2C)ccc1Cl.Cl. The highest BCUT2D eigenvalue weighted by Crippen LogP contribution is 2.18. The molecule has 138 valence electrons. The number of nitrogens with two attached hydrogens (primary N) is 1. The minimum atomic E-state index is -0.421. The summed E-state index contributed by atoms with van der Waals surface area (Å²) in [6.07, 6.45) is 1.55. The van der Waals surface area contributed by atoms with Crippen molar-refractivity contribution < 1.29 is 4.79 Å². The molecule has 0 saturated heterocycles. The van der Waals surface area contributed by atoms with Crippen molar-refractivity contribution in [2.45, 2.75) is 46.1 Å². The number of rotatable bonds is 6. The van der Waals surface area contributed by atoms with E-state index in [1.54, 1.807) is 16.8 Å². The number of amides is 1. The monoisotopic (exact) mass is 385 g/mol. The fraction of sp³-hybridized carbons (Fsp3) is 0.471. The van der Waals surface area contributed by atoms with Crippen molar-refractivity contribution >= 4 is 29.9 Å². The van der Waals surface area contributed by atoms with E-state index in [0.717, 1.165) is 24.2 Å². The van der Waals surface area contributed by atoms with E-state index in [0.29, 0.717) is 17.4 Å². The quantitative estimate of drug-likeness (QED) is 0.798. The van der Waals surface area contributed by atoms with Crippen LogP contribution in [0.2, 0.25) is 5.02 Å². The van der Waals surface area contributed by atoms with Gasteiger partial charge in [-0.3, -0.25) is 4.79 Å². The molecule has 8 heteroatoms. The molecule has 0 aliphatic rings. The molecule has 0 saturated carbocycles. The lowest BCUT2D eigenvalue weighted by Gasteiger charge is -2.26. The van der Waals surface area contributed by atoms with Gasteiger partial charge in [-0.15, -0.1) is 12.4 Å². The molecule has 0 radical (unpaired) electrons. The Morgan fingerprint density at radius 2 is 1.96 bits per heavy atom. The average molecular weight is 386 g/mol. The van der Waals surface area contributed by atoms with Crippen LogP contribution in [-0.4, -0.2) is 32.8 Å². The zero-order valence-electron chi connectivity index (χ0n) is 15.0. The Balaban J connectivity index is 0.00000312. The van der Waals surface area contributed by atoms with Crippen LogP contribution >= 0.6 is 24.0 Å². The summed E-state index contributed by atoms with van der Waals surface area (Å²) in [7, 11) is 0. The summed E-state index contributed by atoms with van der Waals surface area (Å²) in [4.78, 5) is 16.9. The first-order valence-corrected chi connectivity index (χ1v) is 8.44. The summed E-state index contributed by atoms with van der Waals surface area (Å²) in [6.45, 7) is 8.22. The first-order chi connectivity index (χ1) is 11.3. The third-order valence-corrected chi connectivity index (χ3v) is 4.59. The van der Waals surface area contributed by atoms with Crippen molar-refractivity contribution in [1.82, 2.24) is 20.1 Å². The fourth-order valence-electron chi connectivity index (χ4n) is 2.41. The smallest absolute Gasteiger partial charge is 0.271 e. The minimum absolute atomic E-state index is 0. The van der Waals surface area contributed by atoms with Gasteiger partial charge >= 0.3 is 0 Å². The first-order valence-electron chi connectivity index (χ1n) is 8.07. The molecule has 0 unspecified atom stereocenters. The van der Waals surface area contributed by atoms with Gasteiger partial charge in [-0.2, -0.15) is 5.10 Å². The van der Waals surface area contributed by atoms with Crippen LogP contribution in [0.5, 0.6) is 0 Å². The van der Waals surface area contributed by atoms with Gasteiger partial charge < -0.3 is 11.1 Å². The number of aryl methyl sites for hydroxylation is 2. The van der Waals surface area contributed by atoms with Crippen molar-refractivity contribution in [2.24, 2.45) is 5.73 Å². The fourth-order valence-corrected chi connectivity index (χ4v) is 2.60. The van der Waals surface area contributed by atoms with Crippen LogP contribution in [0.25, 0.3) is 5.82 Å². The molecule has 0 aliphatic carbocycles. The van der Waals surface area contributed by atoms with Crippen molar-refractivity contribution in [1.29, 1.82) is 0 Å². The van der Waals surface area contributed by atoms with Crippen molar-refractivity contribution in [3.05, 3.63) is 40.3 Å². The van der Waals surface area contributed by atoms with Gasteiger partial charge in [0.25, 0.3) is 5.91 Å². The van der Waals surface area contributed by atoms with Crippen LogP contribution < -0.4 is 11.1 Å². The molecule has 0 aromatic carbocycles. The molecule has 2 aromatic rings. The Morgan fingerprint density at radius 1 is 1.32 bits per heavy atom. The van der Waals surface area contributed by atoms with E-state index in [-0.39, 0.29) is 24.0 Å². The highest BCUT2D eigenvalue weighted by molar-refractivity contribution is 6.33. The number of nitrogens with one attached hydrogen (secondary N) is 1. The summed E-state index contributed by atoms with van der Waals surface area (Å²) < 4.78 is 1.69. The van der Waals surface area contributed by atoms with Crippen LogP contribution in [0, 0.1) is 13.8 Å². The third-order valence-electron chi connectivity index (χ3n) is 4.28. The lowest BCUT2D eigenvalue weighted by atomic mass is 9.94. The average Bonchev–Trinajstić information content (AvgIpc) is 2.91. The number of halogens is 2. The van der Waals surface area contributed by atoms with E-state index in [1.807, 2.05) is 33.8 Å². The van der Waals surface area contributed by atoms with E-state index in [2.05, 4.69) is 15.4 Å².